The molecular weight excluding hydrogens is 230 g/mol. The summed E-state index contributed by atoms with van der Waals surface area (Å²) in [6.45, 7) is 3.13. The molecule has 0 aromatic heterocycles. The predicted molar refractivity (Wildman–Crippen MR) is 74.7 cm³/mol. The summed E-state index contributed by atoms with van der Waals surface area (Å²) in [5, 5.41) is 0.576. The van der Waals surface area contributed by atoms with Crippen LogP contribution in [0.4, 0.5) is 5.69 Å². The predicted octanol–water partition coefficient (Wildman–Crippen LogP) is 2.09. The van der Waals surface area contributed by atoms with E-state index >= 15 is 0 Å². The minimum Gasteiger partial charge on any atom is -0.369 e. The number of hydrogen-bond acceptors (Lipinski definition) is 4. The van der Waals surface area contributed by atoms with Gasteiger partial charge >= 0.3 is 0 Å². The highest BCUT2D eigenvalue weighted by atomic mass is 32.2. The van der Waals surface area contributed by atoms with Crippen LogP contribution in [0.25, 0.3) is 0 Å². The Kier molecular flexibility index (Phi) is 2.54. The number of para-hydroxylation sites is 1. The fourth-order valence-corrected chi connectivity index (χ4v) is 4.26. The van der Waals surface area contributed by atoms with Crippen molar-refractivity contribution in [1.29, 1.82) is 0 Å². The molecule has 3 rings (SSSR count). The smallest absolute Gasteiger partial charge is 0.196 e. The molecule has 90 valence electrons. The second-order valence-electron chi connectivity index (χ2n) is 4.71. The fourth-order valence-electron chi connectivity index (χ4n) is 2.83. The summed E-state index contributed by atoms with van der Waals surface area (Å²) in [5.74, 6) is 1.87. The lowest BCUT2D eigenvalue weighted by Gasteiger charge is -2.38. The first-order valence-corrected chi connectivity index (χ1v) is 7.06. The zero-order chi connectivity index (χ0) is 11.9. The monoisotopic (exact) mass is 247 g/mol. The van der Waals surface area contributed by atoms with Gasteiger partial charge in [0.25, 0.3) is 0 Å². The van der Waals surface area contributed by atoms with E-state index in [2.05, 4.69) is 41.1 Å². The quantitative estimate of drug-likeness (QED) is 0.826. The van der Waals surface area contributed by atoms with Crippen molar-refractivity contribution in [3.63, 3.8) is 0 Å². The Morgan fingerprint density at radius 1 is 1.41 bits per heavy atom. The third-order valence-corrected chi connectivity index (χ3v) is 5.24. The van der Waals surface area contributed by atoms with Crippen LogP contribution in [-0.4, -0.2) is 29.0 Å². The first kappa shape index (κ1) is 11.0. The maximum Gasteiger partial charge on any atom is 0.196 e. The van der Waals surface area contributed by atoms with Crippen LogP contribution in [-0.2, 0) is 0 Å². The molecule has 3 nitrogen and oxygen atoms in total. The molecule has 0 radical (unpaired) electrons. The van der Waals surface area contributed by atoms with Crippen molar-refractivity contribution in [2.24, 2.45) is 10.7 Å². The summed E-state index contributed by atoms with van der Waals surface area (Å²) < 4.78 is 0. The minimum absolute atomic E-state index is 0.107. The number of thioether (sulfide) groups is 1. The molecular formula is C13H17N3S. The standard InChI is InChI=1S/C13H17N3S/c1-10-13(7-8-17-10)9-15-12(14)16(13)11-5-3-2-4-6-11/h2-6,10H,7-9H2,1H3,(H2,14,15). The maximum atomic E-state index is 6.09. The summed E-state index contributed by atoms with van der Waals surface area (Å²) in [6.07, 6.45) is 1.16. The van der Waals surface area contributed by atoms with Crippen molar-refractivity contribution in [2.45, 2.75) is 24.1 Å². The maximum absolute atomic E-state index is 6.09. The lowest BCUT2D eigenvalue weighted by molar-refractivity contribution is 0.460. The molecule has 0 bridgehead atoms. The van der Waals surface area contributed by atoms with Crippen LogP contribution in [0.1, 0.15) is 13.3 Å². The lowest BCUT2D eigenvalue weighted by Crippen LogP contribution is -2.55. The van der Waals surface area contributed by atoms with E-state index in [1.165, 1.54) is 11.4 Å². The highest BCUT2D eigenvalue weighted by molar-refractivity contribution is 8.00. The van der Waals surface area contributed by atoms with Gasteiger partial charge in [0.1, 0.15) is 0 Å². The van der Waals surface area contributed by atoms with E-state index in [1.807, 2.05) is 17.8 Å². The molecule has 1 aromatic rings. The van der Waals surface area contributed by atoms with Crippen LogP contribution in [0.2, 0.25) is 0 Å². The van der Waals surface area contributed by atoms with Gasteiger partial charge in [0.15, 0.2) is 5.96 Å². The van der Waals surface area contributed by atoms with E-state index in [9.17, 15) is 0 Å². The van der Waals surface area contributed by atoms with E-state index in [0.717, 1.165) is 13.0 Å². The number of guanidine groups is 1. The molecule has 2 unspecified atom stereocenters. The van der Waals surface area contributed by atoms with Gasteiger partial charge in [-0.25, -0.2) is 0 Å². The largest absolute Gasteiger partial charge is 0.369 e. The number of rotatable bonds is 1. The van der Waals surface area contributed by atoms with Crippen molar-refractivity contribution in [1.82, 2.24) is 0 Å². The van der Waals surface area contributed by atoms with Crippen LogP contribution in [0.3, 0.4) is 0 Å². The second-order valence-corrected chi connectivity index (χ2v) is 6.16. The van der Waals surface area contributed by atoms with Gasteiger partial charge in [-0.05, 0) is 24.3 Å². The van der Waals surface area contributed by atoms with Gasteiger partial charge in [0, 0.05) is 10.9 Å². The van der Waals surface area contributed by atoms with Gasteiger partial charge in [0.2, 0.25) is 0 Å². The Morgan fingerprint density at radius 3 is 2.82 bits per heavy atom. The molecule has 4 heteroatoms. The molecule has 2 atom stereocenters. The molecule has 2 aliphatic heterocycles. The summed E-state index contributed by atoms with van der Waals surface area (Å²) in [6, 6.07) is 10.4. The Labute approximate surface area is 106 Å². The Hall–Kier alpha value is -1.16. The molecule has 0 amide bonds. The van der Waals surface area contributed by atoms with Crippen LogP contribution < -0.4 is 10.6 Å². The number of hydrogen-bond donors (Lipinski definition) is 1. The SMILES string of the molecule is CC1SCCC12CN=C(N)N2c1ccccc1. The molecule has 0 aliphatic carbocycles. The molecule has 2 N–H and O–H groups in total. The zero-order valence-electron chi connectivity index (χ0n) is 9.97. The van der Waals surface area contributed by atoms with Crippen molar-refractivity contribution in [3.8, 4) is 0 Å². The normalized spacial score (nSPS) is 32.2. The van der Waals surface area contributed by atoms with Crippen molar-refractivity contribution >= 4 is 23.4 Å². The van der Waals surface area contributed by atoms with Crippen LogP contribution in [0, 0.1) is 0 Å². The first-order chi connectivity index (χ1) is 8.24. The Balaban J connectivity index is 2.03. The van der Waals surface area contributed by atoms with Crippen LogP contribution >= 0.6 is 11.8 Å². The number of anilines is 1. The van der Waals surface area contributed by atoms with Crippen molar-refractivity contribution in [2.75, 3.05) is 17.2 Å². The van der Waals surface area contributed by atoms with Crippen LogP contribution in [0.5, 0.6) is 0 Å². The van der Waals surface area contributed by atoms with E-state index in [0.29, 0.717) is 11.2 Å². The van der Waals surface area contributed by atoms with Gasteiger partial charge in [-0.1, -0.05) is 25.1 Å². The van der Waals surface area contributed by atoms with E-state index in [-0.39, 0.29) is 5.54 Å². The second kappa shape index (κ2) is 3.95. The fraction of sp³-hybridized carbons (Fsp3) is 0.462. The summed E-state index contributed by atoms with van der Waals surface area (Å²) >= 11 is 2.02. The van der Waals surface area contributed by atoms with Gasteiger partial charge in [0.05, 0.1) is 12.1 Å². The molecule has 2 aliphatic rings. The Bertz CT molecular complexity index is 445. The summed E-state index contributed by atoms with van der Waals surface area (Å²) in [4.78, 5) is 6.73. The van der Waals surface area contributed by atoms with Crippen LogP contribution in [0.15, 0.2) is 35.3 Å². The first-order valence-electron chi connectivity index (χ1n) is 6.01. The molecule has 1 fully saturated rings. The van der Waals surface area contributed by atoms with Gasteiger partial charge in [-0.2, -0.15) is 11.8 Å². The molecule has 17 heavy (non-hydrogen) atoms. The minimum atomic E-state index is 0.107. The highest BCUT2D eigenvalue weighted by Crippen LogP contribution is 2.44. The molecule has 1 saturated heterocycles. The number of nitrogens with zero attached hydrogens (tertiary/aromatic N) is 2. The van der Waals surface area contributed by atoms with E-state index < -0.39 is 0 Å². The molecule has 2 heterocycles. The number of nitrogens with two attached hydrogens (primary N) is 1. The third-order valence-electron chi connectivity index (χ3n) is 3.86. The van der Waals surface area contributed by atoms with Gasteiger partial charge in [-0.3, -0.25) is 4.99 Å². The Morgan fingerprint density at radius 2 is 2.18 bits per heavy atom. The van der Waals surface area contributed by atoms with E-state index in [4.69, 9.17) is 5.73 Å². The zero-order valence-corrected chi connectivity index (χ0v) is 10.8. The van der Waals surface area contributed by atoms with E-state index in [1.54, 1.807) is 0 Å². The van der Waals surface area contributed by atoms with Gasteiger partial charge in [-0.15, -0.1) is 0 Å². The van der Waals surface area contributed by atoms with Crippen molar-refractivity contribution < 1.29 is 0 Å². The molecule has 0 saturated carbocycles. The number of benzene rings is 1. The van der Waals surface area contributed by atoms with Crippen molar-refractivity contribution in [3.05, 3.63) is 30.3 Å². The summed E-state index contributed by atoms with van der Waals surface area (Å²) in [7, 11) is 0. The lowest BCUT2D eigenvalue weighted by atomic mass is 9.91. The molecule has 1 aromatic carbocycles. The highest BCUT2D eigenvalue weighted by Gasteiger charge is 2.50. The number of aliphatic imine (C=N–C) groups is 1. The average Bonchev–Trinajstić information content (AvgIpc) is 2.87. The average molecular weight is 247 g/mol. The summed E-state index contributed by atoms with van der Waals surface area (Å²) in [5.41, 5.74) is 7.37. The van der Waals surface area contributed by atoms with Gasteiger partial charge < -0.3 is 10.6 Å². The third kappa shape index (κ3) is 1.54. The molecule has 1 spiro atoms. The topological polar surface area (TPSA) is 41.6 Å².